The van der Waals surface area contributed by atoms with Gasteiger partial charge in [-0.3, -0.25) is 19.2 Å². The van der Waals surface area contributed by atoms with Crippen LogP contribution in [0.15, 0.2) is 41.5 Å². The van der Waals surface area contributed by atoms with E-state index in [1.54, 1.807) is 6.92 Å². The van der Waals surface area contributed by atoms with Gasteiger partial charge in [-0.15, -0.1) is 0 Å². The summed E-state index contributed by atoms with van der Waals surface area (Å²) < 4.78 is 11.8. The van der Waals surface area contributed by atoms with Gasteiger partial charge in [0.15, 0.2) is 17.2 Å². The zero-order valence-electron chi connectivity index (χ0n) is 33.0. The molecule has 53 heavy (non-hydrogen) atoms. The molecule has 0 saturated heterocycles. The smallest absolute Gasteiger partial charge is 0.306 e. The van der Waals surface area contributed by atoms with Crippen molar-refractivity contribution in [2.45, 2.75) is 155 Å². The summed E-state index contributed by atoms with van der Waals surface area (Å²) >= 11 is 0. The molecule has 0 aliphatic heterocycles. The number of carbonyl (C=O) groups excluding carboxylic acids is 4. The molecule has 0 unspecified atom stereocenters. The van der Waals surface area contributed by atoms with Gasteiger partial charge in [0, 0.05) is 30.6 Å². The standard InChI is InChI=1S/C23H30O4.C23H32O3/c1-13-11-20-18(17-6-5-16(26)12-19(13)17)7-9-22(4)21(20)8-10-23(22,14(2)24)27-15(3)25;1-3-4-5-22(25)26-21-11-10-20-19-8-6-15-14-16(24)7-9-17(15)18(19)12-13-23(20,21)2/h11-12,17-18,20-21H,5-10H2,1-4H3;7,9,14,18-21,24H,3-6,8,10-13H2,1-2H3/t17-,18-,20-,21+,22+,23+;18-,19-,20+,21+,23+/m11/s1. The van der Waals surface area contributed by atoms with E-state index in [0.717, 1.165) is 57.8 Å². The third-order valence-electron chi connectivity index (χ3n) is 15.9. The number of benzene rings is 1. The molecule has 4 saturated carbocycles. The maximum Gasteiger partial charge on any atom is 0.306 e. The number of phenols is 1. The summed E-state index contributed by atoms with van der Waals surface area (Å²) in [4.78, 5) is 48.7. The number of fused-ring (bicyclic) bond motifs is 10. The van der Waals surface area contributed by atoms with Crippen LogP contribution in [0.2, 0.25) is 0 Å². The van der Waals surface area contributed by atoms with Gasteiger partial charge in [-0.2, -0.15) is 0 Å². The topological polar surface area (TPSA) is 107 Å². The van der Waals surface area contributed by atoms with Crippen molar-refractivity contribution in [2.24, 2.45) is 46.3 Å². The minimum atomic E-state index is -0.977. The van der Waals surface area contributed by atoms with E-state index in [1.807, 2.05) is 18.2 Å². The van der Waals surface area contributed by atoms with Crippen molar-refractivity contribution in [1.29, 1.82) is 0 Å². The van der Waals surface area contributed by atoms with Gasteiger partial charge in [-0.05, 0) is 167 Å². The molecule has 8 rings (SSSR count). The summed E-state index contributed by atoms with van der Waals surface area (Å²) in [7, 11) is 0. The highest BCUT2D eigenvalue weighted by molar-refractivity contribution is 5.92. The maximum atomic E-state index is 12.7. The van der Waals surface area contributed by atoms with E-state index in [-0.39, 0.29) is 40.4 Å². The summed E-state index contributed by atoms with van der Waals surface area (Å²) in [6.07, 6.45) is 18.8. The molecule has 4 fully saturated rings. The van der Waals surface area contributed by atoms with Crippen LogP contribution >= 0.6 is 0 Å². The molecule has 7 heteroatoms. The fourth-order valence-electron chi connectivity index (χ4n) is 13.3. The number of aromatic hydroxyl groups is 1. The van der Waals surface area contributed by atoms with Gasteiger partial charge in [0.25, 0.3) is 0 Å². The third-order valence-corrected chi connectivity index (χ3v) is 15.9. The number of allylic oxidation sites excluding steroid dienone is 4. The highest BCUT2D eigenvalue weighted by Gasteiger charge is 2.66. The fourth-order valence-corrected chi connectivity index (χ4v) is 13.3. The lowest BCUT2D eigenvalue weighted by Gasteiger charge is -2.54. The zero-order valence-corrected chi connectivity index (χ0v) is 33.0. The number of carbonyl (C=O) groups is 4. The average molecular weight is 727 g/mol. The lowest BCUT2D eigenvalue weighted by Crippen LogP contribution is -2.57. The molecule has 0 aromatic heterocycles. The van der Waals surface area contributed by atoms with Crippen LogP contribution in [0.3, 0.4) is 0 Å². The van der Waals surface area contributed by atoms with Crippen molar-refractivity contribution >= 4 is 23.5 Å². The molecular formula is C46H62O7. The molecule has 7 aliphatic carbocycles. The van der Waals surface area contributed by atoms with Gasteiger partial charge in [-0.25, -0.2) is 0 Å². The largest absolute Gasteiger partial charge is 0.508 e. The van der Waals surface area contributed by atoms with Crippen LogP contribution in [0, 0.1) is 46.3 Å². The molecule has 7 nitrogen and oxygen atoms in total. The zero-order chi connectivity index (χ0) is 37.9. The summed E-state index contributed by atoms with van der Waals surface area (Å²) in [5, 5.41) is 9.81. The summed E-state index contributed by atoms with van der Waals surface area (Å²) in [6, 6.07) is 5.97. The molecule has 0 heterocycles. The highest BCUT2D eigenvalue weighted by atomic mass is 16.6. The highest BCUT2D eigenvalue weighted by Crippen LogP contribution is 2.66. The van der Waals surface area contributed by atoms with Gasteiger partial charge in [0.2, 0.25) is 0 Å². The monoisotopic (exact) mass is 726 g/mol. The average Bonchev–Trinajstić information content (AvgIpc) is 3.61. The Morgan fingerprint density at radius 1 is 0.887 bits per heavy atom. The van der Waals surface area contributed by atoms with E-state index in [4.69, 9.17) is 9.47 Å². The second-order valence-electron chi connectivity index (χ2n) is 18.4. The van der Waals surface area contributed by atoms with E-state index in [2.05, 4.69) is 39.8 Å². The van der Waals surface area contributed by atoms with Crippen molar-refractivity contribution < 1.29 is 33.8 Å². The SMILES string of the molecule is CC(=O)O[C@]1(C(C)=O)CC[C@H]2[C@@H]3C=C(C)C4=CC(=O)CC[C@@H]4[C@H]3CC[C@@]21C.CCCCC(=O)O[C@H]1CC[C@H]2[C@@H]3CCc4cc(O)ccc4[C@H]3CC[C@]12C. The van der Waals surface area contributed by atoms with Gasteiger partial charge >= 0.3 is 11.9 Å². The first-order valence-corrected chi connectivity index (χ1v) is 20.9. The number of phenolic OH excluding ortho intramolecular Hbond substituents is 1. The normalized spacial score (nSPS) is 39.2. The van der Waals surface area contributed by atoms with Crippen LogP contribution in [-0.4, -0.2) is 40.3 Å². The predicted molar refractivity (Wildman–Crippen MR) is 204 cm³/mol. The summed E-state index contributed by atoms with van der Waals surface area (Å²) in [5.41, 5.74) is 4.14. The first-order valence-electron chi connectivity index (χ1n) is 20.9. The number of ketones is 2. The summed E-state index contributed by atoms with van der Waals surface area (Å²) in [5.74, 6) is 3.98. The Morgan fingerprint density at radius 3 is 2.42 bits per heavy atom. The fraction of sp³-hybridized carbons (Fsp3) is 0.696. The Labute approximate surface area is 316 Å². The van der Waals surface area contributed by atoms with E-state index in [0.29, 0.717) is 66.4 Å². The molecule has 1 aromatic rings. The van der Waals surface area contributed by atoms with Crippen LogP contribution in [-0.2, 0) is 35.1 Å². The maximum absolute atomic E-state index is 12.7. The van der Waals surface area contributed by atoms with Crippen molar-refractivity contribution in [2.75, 3.05) is 0 Å². The minimum Gasteiger partial charge on any atom is -0.508 e. The van der Waals surface area contributed by atoms with Gasteiger partial charge in [0.05, 0.1) is 0 Å². The van der Waals surface area contributed by atoms with Crippen LogP contribution in [0.1, 0.15) is 148 Å². The Morgan fingerprint density at radius 2 is 1.68 bits per heavy atom. The Hall–Kier alpha value is -3.22. The molecule has 11 atom stereocenters. The molecule has 0 bridgehead atoms. The molecule has 0 amide bonds. The van der Waals surface area contributed by atoms with Crippen LogP contribution in [0.25, 0.3) is 0 Å². The number of Topliss-reactive ketones (excluding diaryl/α,β-unsaturated/α-hetero) is 1. The molecule has 1 aromatic carbocycles. The van der Waals surface area contributed by atoms with Gasteiger partial charge < -0.3 is 14.6 Å². The lowest BCUT2D eigenvalue weighted by atomic mass is 9.51. The predicted octanol–water partition coefficient (Wildman–Crippen LogP) is 9.54. The molecular weight excluding hydrogens is 664 g/mol. The van der Waals surface area contributed by atoms with E-state index in [1.165, 1.54) is 48.5 Å². The van der Waals surface area contributed by atoms with Crippen molar-refractivity contribution in [1.82, 2.24) is 0 Å². The van der Waals surface area contributed by atoms with Crippen LogP contribution < -0.4 is 0 Å². The summed E-state index contributed by atoms with van der Waals surface area (Å²) in [6.45, 7) is 11.8. The van der Waals surface area contributed by atoms with Crippen molar-refractivity contribution in [3.05, 3.63) is 52.6 Å². The first-order chi connectivity index (χ1) is 25.2. The van der Waals surface area contributed by atoms with Crippen LogP contribution in [0.4, 0.5) is 0 Å². The molecule has 0 spiro atoms. The number of esters is 2. The number of hydrogen-bond donors (Lipinski definition) is 1. The van der Waals surface area contributed by atoms with E-state index < -0.39 is 5.60 Å². The number of ether oxygens (including phenoxy) is 2. The lowest BCUT2D eigenvalue weighted by molar-refractivity contribution is -0.184. The Kier molecular flexibility index (Phi) is 10.4. The minimum absolute atomic E-state index is 0.00492. The second-order valence-corrected chi connectivity index (χ2v) is 18.4. The van der Waals surface area contributed by atoms with Gasteiger partial charge in [0.1, 0.15) is 11.9 Å². The number of unbranched alkanes of at least 4 members (excludes halogenated alkanes) is 1. The molecule has 7 aliphatic rings. The Bertz CT molecular complexity index is 1700. The van der Waals surface area contributed by atoms with Crippen LogP contribution in [0.5, 0.6) is 5.75 Å². The second kappa shape index (κ2) is 14.5. The Balaban J connectivity index is 0.000000164. The van der Waals surface area contributed by atoms with E-state index in [9.17, 15) is 24.3 Å². The first kappa shape index (κ1) is 38.1. The molecule has 288 valence electrons. The quantitative estimate of drug-likeness (QED) is 0.291. The number of rotatable bonds is 6. The van der Waals surface area contributed by atoms with Gasteiger partial charge in [-0.1, -0.05) is 44.9 Å². The van der Waals surface area contributed by atoms with E-state index >= 15 is 0 Å². The van der Waals surface area contributed by atoms with Crippen molar-refractivity contribution in [3.8, 4) is 5.75 Å². The van der Waals surface area contributed by atoms with Crippen molar-refractivity contribution in [3.63, 3.8) is 0 Å². The third kappa shape index (κ3) is 6.44. The molecule has 1 N–H and O–H groups in total. The number of hydrogen-bond acceptors (Lipinski definition) is 7. The number of aryl methyl sites for hydroxylation is 1. The molecule has 0 radical (unpaired) electrons.